The van der Waals surface area contributed by atoms with Crippen LogP contribution in [0.15, 0.2) is 30.3 Å². The molecule has 0 atom stereocenters. The van der Waals surface area contributed by atoms with Gasteiger partial charge in [0.1, 0.15) is 12.4 Å². The number of nitrogens with zero attached hydrogens (tertiary/aromatic N) is 2. The summed E-state index contributed by atoms with van der Waals surface area (Å²) in [5.41, 5.74) is 3.49. The van der Waals surface area contributed by atoms with E-state index in [9.17, 15) is 0 Å². The fraction of sp³-hybridized carbons (Fsp3) is 0.333. The Hall–Kier alpha value is -1.94. The van der Waals surface area contributed by atoms with E-state index in [0.29, 0.717) is 6.61 Å². The largest absolute Gasteiger partial charge is 0.486 e. The topological polar surface area (TPSA) is 47.0 Å². The molecule has 0 fully saturated rings. The molecular formula is C15H17N3O. The first-order valence-electron chi connectivity index (χ1n) is 6.57. The molecule has 1 aromatic carbocycles. The van der Waals surface area contributed by atoms with Crippen molar-refractivity contribution in [1.82, 2.24) is 15.3 Å². The highest BCUT2D eigenvalue weighted by molar-refractivity contribution is 5.27. The summed E-state index contributed by atoms with van der Waals surface area (Å²) < 4.78 is 5.69. The van der Waals surface area contributed by atoms with Crippen molar-refractivity contribution >= 4 is 0 Å². The number of fused-ring (bicyclic) bond motifs is 1. The van der Waals surface area contributed by atoms with Gasteiger partial charge in [-0.3, -0.25) is 0 Å². The van der Waals surface area contributed by atoms with E-state index in [1.165, 1.54) is 5.56 Å². The minimum absolute atomic E-state index is 0.415. The lowest BCUT2D eigenvalue weighted by Gasteiger charge is -2.18. The summed E-state index contributed by atoms with van der Waals surface area (Å²) in [6.45, 7) is 4.31. The van der Waals surface area contributed by atoms with Gasteiger partial charge in [-0.05, 0) is 37.6 Å². The van der Waals surface area contributed by atoms with Gasteiger partial charge < -0.3 is 10.1 Å². The van der Waals surface area contributed by atoms with Crippen molar-refractivity contribution in [3.8, 4) is 5.75 Å². The van der Waals surface area contributed by atoms with Crippen LogP contribution in [0, 0.1) is 6.92 Å². The normalized spacial score (nSPS) is 13.9. The Labute approximate surface area is 112 Å². The van der Waals surface area contributed by atoms with Crippen molar-refractivity contribution in [3.63, 3.8) is 0 Å². The van der Waals surface area contributed by atoms with Gasteiger partial charge in [-0.15, -0.1) is 0 Å². The summed E-state index contributed by atoms with van der Waals surface area (Å²) in [6.07, 6.45) is 1.01. The zero-order valence-corrected chi connectivity index (χ0v) is 11.0. The summed E-state index contributed by atoms with van der Waals surface area (Å²) in [5.74, 6) is 1.60. The lowest BCUT2D eigenvalue weighted by molar-refractivity contribution is 0.294. The maximum absolute atomic E-state index is 5.69. The molecule has 3 rings (SSSR count). The van der Waals surface area contributed by atoms with Crippen molar-refractivity contribution in [3.05, 3.63) is 53.1 Å². The highest BCUT2D eigenvalue weighted by atomic mass is 16.5. The number of ether oxygens (including phenoxy) is 1. The number of rotatable bonds is 3. The number of nitrogens with one attached hydrogen (secondary N) is 1. The Morgan fingerprint density at radius 3 is 2.89 bits per heavy atom. The summed E-state index contributed by atoms with van der Waals surface area (Å²) in [5, 5.41) is 3.34. The van der Waals surface area contributed by atoms with Gasteiger partial charge in [0, 0.05) is 12.2 Å². The lowest BCUT2D eigenvalue weighted by atomic mass is 10.1. The van der Waals surface area contributed by atoms with Crippen LogP contribution in [0.5, 0.6) is 5.75 Å². The maximum Gasteiger partial charge on any atom is 0.166 e. The van der Waals surface area contributed by atoms with Crippen LogP contribution in [0.25, 0.3) is 0 Å². The van der Waals surface area contributed by atoms with Gasteiger partial charge in [-0.2, -0.15) is 0 Å². The van der Waals surface area contributed by atoms with Crippen LogP contribution in [0.3, 0.4) is 0 Å². The molecule has 0 unspecified atom stereocenters. The maximum atomic E-state index is 5.69. The lowest BCUT2D eigenvalue weighted by Crippen LogP contribution is -2.26. The van der Waals surface area contributed by atoms with E-state index < -0.39 is 0 Å². The van der Waals surface area contributed by atoms with Crippen LogP contribution < -0.4 is 10.1 Å². The number of aromatic nitrogens is 2. The van der Waals surface area contributed by atoms with Crippen LogP contribution in [-0.4, -0.2) is 16.5 Å². The molecule has 0 saturated heterocycles. The second kappa shape index (κ2) is 5.36. The molecule has 98 valence electrons. The minimum atomic E-state index is 0.415. The standard InChI is InChI=1S/C15H17N3O/c1-11-13-7-8-16-9-14(13)18-15(17-11)10-19-12-5-3-2-4-6-12/h2-6,16H,7-10H2,1H3. The van der Waals surface area contributed by atoms with Crippen LogP contribution in [0.2, 0.25) is 0 Å². The molecule has 0 radical (unpaired) electrons. The summed E-state index contributed by atoms with van der Waals surface area (Å²) >= 11 is 0. The molecule has 0 amide bonds. The first-order valence-corrected chi connectivity index (χ1v) is 6.57. The number of benzene rings is 1. The van der Waals surface area contributed by atoms with E-state index in [2.05, 4.69) is 22.2 Å². The van der Waals surface area contributed by atoms with Crippen molar-refractivity contribution in [2.75, 3.05) is 6.54 Å². The predicted octanol–water partition coefficient (Wildman–Crippen LogP) is 2.01. The number of hydrogen-bond acceptors (Lipinski definition) is 4. The third kappa shape index (κ3) is 2.74. The Morgan fingerprint density at radius 1 is 1.21 bits per heavy atom. The Balaban J connectivity index is 1.76. The zero-order valence-electron chi connectivity index (χ0n) is 11.0. The third-order valence-corrected chi connectivity index (χ3v) is 3.30. The second-order valence-corrected chi connectivity index (χ2v) is 4.68. The van der Waals surface area contributed by atoms with E-state index in [0.717, 1.165) is 42.5 Å². The van der Waals surface area contributed by atoms with E-state index >= 15 is 0 Å². The number of aryl methyl sites for hydroxylation is 1. The van der Waals surface area contributed by atoms with Crippen molar-refractivity contribution in [1.29, 1.82) is 0 Å². The predicted molar refractivity (Wildman–Crippen MR) is 73.0 cm³/mol. The molecule has 2 heterocycles. The van der Waals surface area contributed by atoms with Gasteiger partial charge in [-0.1, -0.05) is 18.2 Å². The fourth-order valence-electron chi connectivity index (χ4n) is 2.34. The van der Waals surface area contributed by atoms with E-state index in [1.54, 1.807) is 0 Å². The van der Waals surface area contributed by atoms with Crippen molar-refractivity contribution in [2.24, 2.45) is 0 Å². The van der Waals surface area contributed by atoms with E-state index in [-0.39, 0.29) is 0 Å². The molecule has 0 bridgehead atoms. The molecule has 4 heteroatoms. The minimum Gasteiger partial charge on any atom is -0.486 e. The van der Waals surface area contributed by atoms with Gasteiger partial charge in [0.2, 0.25) is 0 Å². The van der Waals surface area contributed by atoms with Gasteiger partial charge >= 0.3 is 0 Å². The molecule has 4 nitrogen and oxygen atoms in total. The first kappa shape index (κ1) is 12.1. The molecule has 1 aromatic heterocycles. The van der Waals surface area contributed by atoms with Crippen molar-refractivity contribution in [2.45, 2.75) is 26.5 Å². The van der Waals surface area contributed by atoms with Crippen LogP contribution in [-0.2, 0) is 19.6 Å². The Morgan fingerprint density at radius 2 is 2.05 bits per heavy atom. The molecule has 1 N–H and O–H groups in total. The Bertz CT molecular complexity index is 569. The van der Waals surface area contributed by atoms with E-state index in [1.807, 2.05) is 30.3 Å². The average Bonchev–Trinajstić information content (AvgIpc) is 2.46. The van der Waals surface area contributed by atoms with E-state index in [4.69, 9.17) is 4.74 Å². The highest BCUT2D eigenvalue weighted by Gasteiger charge is 2.15. The van der Waals surface area contributed by atoms with Gasteiger partial charge in [0.15, 0.2) is 5.82 Å². The number of hydrogen-bond donors (Lipinski definition) is 1. The van der Waals surface area contributed by atoms with Crippen LogP contribution in [0.4, 0.5) is 0 Å². The monoisotopic (exact) mass is 255 g/mol. The fourth-order valence-corrected chi connectivity index (χ4v) is 2.34. The Kier molecular flexibility index (Phi) is 3.42. The molecule has 1 aliphatic rings. The highest BCUT2D eigenvalue weighted by Crippen LogP contribution is 2.16. The quantitative estimate of drug-likeness (QED) is 0.911. The molecule has 1 aliphatic heterocycles. The summed E-state index contributed by atoms with van der Waals surface area (Å²) in [7, 11) is 0. The van der Waals surface area contributed by atoms with Gasteiger partial charge in [0.05, 0.1) is 5.69 Å². The van der Waals surface area contributed by atoms with Gasteiger partial charge in [0.25, 0.3) is 0 Å². The third-order valence-electron chi connectivity index (χ3n) is 3.30. The smallest absolute Gasteiger partial charge is 0.166 e. The molecule has 2 aromatic rings. The molecule has 0 spiro atoms. The van der Waals surface area contributed by atoms with Gasteiger partial charge in [-0.25, -0.2) is 9.97 Å². The van der Waals surface area contributed by atoms with Crippen LogP contribution >= 0.6 is 0 Å². The summed E-state index contributed by atoms with van der Waals surface area (Å²) in [6, 6.07) is 9.76. The average molecular weight is 255 g/mol. The molecule has 0 saturated carbocycles. The summed E-state index contributed by atoms with van der Waals surface area (Å²) in [4.78, 5) is 9.13. The van der Waals surface area contributed by atoms with Crippen LogP contribution in [0.1, 0.15) is 22.8 Å². The first-order chi connectivity index (χ1) is 9.33. The van der Waals surface area contributed by atoms with Crippen molar-refractivity contribution < 1.29 is 4.74 Å². The second-order valence-electron chi connectivity index (χ2n) is 4.68. The molecule has 19 heavy (non-hydrogen) atoms. The molecular weight excluding hydrogens is 238 g/mol. The molecule has 0 aliphatic carbocycles. The SMILES string of the molecule is Cc1nc(COc2ccccc2)nc2c1CCNC2. The zero-order chi connectivity index (χ0) is 13.1. The number of para-hydroxylation sites is 1.